The van der Waals surface area contributed by atoms with E-state index in [2.05, 4.69) is 4.90 Å². The van der Waals surface area contributed by atoms with Crippen LogP contribution in [-0.4, -0.2) is 62.1 Å². The topological polar surface area (TPSA) is 51.2 Å². The first-order chi connectivity index (χ1) is 16.6. The fourth-order valence-corrected chi connectivity index (χ4v) is 3.82. The standard InChI is InChI=1S/C27H29FN2O4/c1-32-23-10-12-24(13-11-23)33-19-18-29-14-16-30(17-15-29)27(31)25-4-2-3-5-26(25)34-20-21-6-8-22(28)9-7-21/h2-13H,14-20H2,1H3. The summed E-state index contributed by atoms with van der Waals surface area (Å²) in [5, 5.41) is 0. The SMILES string of the molecule is COc1ccc(OCCN2CCN(C(=O)c3ccccc3OCc3ccc(F)cc3)CC2)cc1. The number of nitrogens with zero attached hydrogens (tertiary/aromatic N) is 2. The van der Waals surface area contributed by atoms with Gasteiger partial charge in [0.2, 0.25) is 0 Å². The Morgan fingerprint density at radius 2 is 1.53 bits per heavy atom. The molecule has 0 saturated carbocycles. The number of hydrogen-bond donors (Lipinski definition) is 0. The highest BCUT2D eigenvalue weighted by Crippen LogP contribution is 2.22. The van der Waals surface area contributed by atoms with Crippen molar-refractivity contribution in [3.63, 3.8) is 0 Å². The van der Waals surface area contributed by atoms with Crippen molar-refractivity contribution in [2.24, 2.45) is 0 Å². The van der Waals surface area contributed by atoms with E-state index in [9.17, 15) is 9.18 Å². The van der Waals surface area contributed by atoms with Crippen LogP contribution in [0.25, 0.3) is 0 Å². The Bertz CT molecular complexity index is 1060. The second-order valence-corrected chi connectivity index (χ2v) is 8.07. The molecule has 7 heteroatoms. The highest BCUT2D eigenvalue weighted by atomic mass is 19.1. The lowest BCUT2D eigenvalue weighted by atomic mass is 10.1. The lowest BCUT2D eigenvalue weighted by Gasteiger charge is -2.34. The van der Waals surface area contributed by atoms with Crippen molar-refractivity contribution in [2.75, 3.05) is 46.4 Å². The monoisotopic (exact) mass is 464 g/mol. The summed E-state index contributed by atoms with van der Waals surface area (Å²) in [6.45, 7) is 4.52. The summed E-state index contributed by atoms with van der Waals surface area (Å²) >= 11 is 0. The van der Waals surface area contributed by atoms with Crippen molar-refractivity contribution in [1.82, 2.24) is 9.80 Å². The third-order valence-electron chi connectivity index (χ3n) is 5.82. The summed E-state index contributed by atoms with van der Waals surface area (Å²) in [7, 11) is 1.64. The van der Waals surface area contributed by atoms with Crippen LogP contribution in [0.4, 0.5) is 4.39 Å². The predicted molar refractivity (Wildman–Crippen MR) is 128 cm³/mol. The van der Waals surface area contributed by atoms with Crippen LogP contribution in [0.1, 0.15) is 15.9 Å². The molecular weight excluding hydrogens is 435 g/mol. The number of hydrogen-bond acceptors (Lipinski definition) is 5. The molecule has 0 spiro atoms. The highest BCUT2D eigenvalue weighted by molar-refractivity contribution is 5.97. The van der Waals surface area contributed by atoms with E-state index in [-0.39, 0.29) is 18.3 Å². The van der Waals surface area contributed by atoms with Gasteiger partial charge in [0.15, 0.2) is 0 Å². The molecular formula is C27H29FN2O4. The molecule has 0 radical (unpaired) electrons. The number of para-hydroxylation sites is 1. The van der Waals surface area contributed by atoms with Gasteiger partial charge >= 0.3 is 0 Å². The van der Waals surface area contributed by atoms with Gasteiger partial charge in [-0.2, -0.15) is 0 Å². The summed E-state index contributed by atoms with van der Waals surface area (Å²) in [6, 6.07) is 21.0. The Labute approximate surface area is 199 Å². The quantitative estimate of drug-likeness (QED) is 0.474. The number of ether oxygens (including phenoxy) is 3. The van der Waals surface area contributed by atoms with E-state index in [1.165, 1.54) is 12.1 Å². The fourth-order valence-electron chi connectivity index (χ4n) is 3.82. The number of carbonyl (C=O) groups is 1. The second-order valence-electron chi connectivity index (χ2n) is 8.07. The summed E-state index contributed by atoms with van der Waals surface area (Å²) in [6.07, 6.45) is 0. The molecule has 1 heterocycles. The number of halogens is 1. The zero-order valence-corrected chi connectivity index (χ0v) is 19.3. The van der Waals surface area contributed by atoms with E-state index in [0.717, 1.165) is 36.7 Å². The van der Waals surface area contributed by atoms with Crippen LogP contribution < -0.4 is 14.2 Å². The van der Waals surface area contributed by atoms with Gasteiger partial charge in [-0.15, -0.1) is 0 Å². The van der Waals surface area contributed by atoms with E-state index in [1.807, 2.05) is 41.3 Å². The molecule has 178 valence electrons. The molecule has 6 nitrogen and oxygen atoms in total. The summed E-state index contributed by atoms with van der Waals surface area (Å²) < 4.78 is 30.0. The highest BCUT2D eigenvalue weighted by Gasteiger charge is 2.24. The molecule has 0 bridgehead atoms. The van der Waals surface area contributed by atoms with E-state index in [1.54, 1.807) is 31.4 Å². The minimum Gasteiger partial charge on any atom is -0.497 e. The molecule has 1 saturated heterocycles. The van der Waals surface area contributed by atoms with Crippen molar-refractivity contribution >= 4 is 5.91 Å². The molecule has 0 N–H and O–H groups in total. The third-order valence-corrected chi connectivity index (χ3v) is 5.82. The fraction of sp³-hybridized carbons (Fsp3) is 0.296. The molecule has 4 rings (SSSR count). The van der Waals surface area contributed by atoms with E-state index in [4.69, 9.17) is 14.2 Å². The predicted octanol–water partition coefficient (Wildman–Crippen LogP) is 4.25. The molecule has 34 heavy (non-hydrogen) atoms. The van der Waals surface area contributed by atoms with Gasteiger partial charge in [-0.1, -0.05) is 24.3 Å². The van der Waals surface area contributed by atoms with Gasteiger partial charge in [-0.05, 0) is 54.1 Å². The van der Waals surface area contributed by atoms with E-state index >= 15 is 0 Å². The molecule has 0 atom stereocenters. The van der Waals surface area contributed by atoms with Gasteiger partial charge < -0.3 is 19.1 Å². The summed E-state index contributed by atoms with van der Waals surface area (Å²) in [5.41, 5.74) is 1.38. The van der Waals surface area contributed by atoms with Crippen molar-refractivity contribution in [3.8, 4) is 17.2 Å². The second kappa shape index (κ2) is 11.5. The van der Waals surface area contributed by atoms with Gasteiger partial charge in [0, 0.05) is 32.7 Å². The van der Waals surface area contributed by atoms with E-state index in [0.29, 0.717) is 31.0 Å². The molecule has 0 aliphatic carbocycles. The molecule has 1 amide bonds. The van der Waals surface area contributed by atoms with Crippen molar-refractivity contribution in [1.29, 1.82) is 0 Å². The summed E-state index contributed by atoms with van der Waals surface area (Å²) in [4.78, 5) is 17.3. The molecule has 1 fully saturated rings. The van der Waals surface area contributed by atoms with Gasteiger partial charge in [-0.3, -0.25) is 9.69 Å². The van der Waals surface area contributed by atoms with Crippen molar-refractivity contribution < 1.29 is 23.4 Å². The number of carbonyl (C=O) groups excluding carboxylic acids is 1. The minimum atomic E-state index is -0.286. The van der Waals surface area contributed by atoms with Crippen LogP contribution in [0.15, 0.2) is 72.8 Å². The first-order valence-corrected chi connectivity index (χ1v) is 11.4. The molecule has 1 aliphatic rings. The largest absolute Gasteiger partial charge is 0.497 e. The first kappa shape index (κ1) is 23.6. The lowest BCUT2D eigenvalue weighted by molar-refractivity contribution is 0.0616. The van der Waals surface area contributed by atoms with Crippen LogP contribution in [-0.2, 0) is 6.61 Å². The zero-order chi connectivity index (χ0) is 23.8. The maximum atomic E-state index is 13.2. The van der Waals surface area contributed by atoms with Gasteiger partial charge in [0.1, 0.15) is 36.3 Å². The van der Waals surface area contributed by atoms with Crippen molar-refractivity contribution in [3.05, 3.63) is 89.7 Å². The number of rotatable bonds is 9. The minimum absolute atomic E-state index is 0.0381. The Balaban J connectivity index is 1.25. The average molecular weight is 465 g/mol. The van der Waals surface area contributed by atoms with Crippen LogP contribution in [0.2, 0.25) is 0 Å². The Kier molecular flexibility index (Phi) is 7.99. The van der Waals surface area contributed by atoms with Gasteiger partial charge in [-0.25, -0.2) is 4.39 Å². The average Bonchev–Trinajstić information content (AvgIpc) is 2.89. The maximum Gasteiger partial charge on any atom is 0.257 e. The van der Waals surface area contributed by atoms with Crippen molar-refractivity contribution in [2.45, 2.75) is 6.61 Å². The molecule has 0 unspecified atom stereocenters. The van der Waals surface area contributed by atoms with Crippen LogP contribution in [0, 0.1) is 5.82 Å². The molecule has 3 aromatic rings. The third kappa shape index (κ3) is 6.26. The Hall–Kier alpha value is -3.58. The summed E-state index contributed by atoms with van der Waals surface area (Å²) in [5.74, 6) is 1.82. The molecule has 0 aromatic heterocycles. The van der Waals surface area contributed by atoms with Gasteiger partial charge in [0.05, 0.1) is 12.7 Å². The maximum absolute atomic E-state index is 13.2. The number of piperazine rings is 1. The molecule has 3 aromatic carbocycles. The van der Waals surface area contributed by atoms with Crippen LogP contribution in [0.5, 0.6) is 17.2 Å². The smallest absolute Gasteiger partial charge is 0.257 e. The Morgan fingerprint density at radius 3 is 2.24 bits per heavy atom. The Morgan fingerprint density at radius 1 is 0.853 bits per heavy atom. The molecule has 1 aliphatic heterocycles. The van der Waals surface area contributed by atoms with E-state index < -0.39 is 0 Å². The normalized spacial score (nSPS) is 14.0. The number of benzene rings is 3. The number of amides is 1. The first-order valence-electron chi connectivity index (χ1n) is 11.4. The van der Waals surface area contributed by atoms with Gasteiger partial charge in [0.25, 0.3) is 5.91 Å². The zero-order valence-electron chi connectivity index (χ0n) is 19.3. The number of methoxy groups -OCH3 is 1. The van der Waals surface area contributed by atoms with Crippen LogP contribution >= 0.6 is 0 Å². The lowest BCUT2D eigenvalue weighted by Crippen LogP contribution is -2.49. The van der Waals surface area contributed by atoms with Crippen LogP contribution in [0.3, 0.4) is 0 Å².